The minimum atomic E-state index is 0. The molecular weight excluding hydrogens is 308 g/mol. The van der Waals surface area contributed by atoms with E-state index in [4.69, 9.17) is 10.5 Å². The minimum absolute atomic E-state index is 0. The van der Waals surface area contributed by atoms with E-state index in [1.54, 1.807) is 11.3 Å². The van der Waals surface area contributed by atoms with Crippen LogP contribution in [0.3, 0.4) is 0 Å². The van der Waals surface area contributed by atoms with Gasteiger partial charge in [-0.25, -0.2) is 0 Å². The van der Waals surface area contributed by atoms with Crippen LogP contribution < -0.4 is 5.73 Å². The molecule has 0 aromatic carbocycles. The lowest BCUT2D eigenvalue weighted by molar-refractivity contribution is -0.144. The summed E-state index contributed by atoms with van der Waals surface area (Å²) in [5.41, 5.74) is 6.99. The summed E-state index contributed by atoms with van der Waals surface area (Å²) in [6, 6.07) is 2.08. The van der Waals surface area contributed by atoms with E-state index in [-0.39, 0.29) is 24.4 Å². The molecule has 0 bridgehead atoms. The summed E-state index contributed by atoms with van der Waals surface area (Å²) in [4.78, 5) is 14.7. The van der Waals surface area contributed by atoms with E-state index in [9.17, 15) is 4.79 Å². The second-order valence-electron chi connectivity index (χ2n) is 5.73. The van der Waals surface area contributed by atoms with Crippen molar-refractivity contribution in [1.82, 2.24) is 4.90 Å². The number of hydrogen-bond donors (Lipinski definition) is 1. The highest BCUT2D eigenvalue weighted by atomic mass is 35.5. The third-order valence-corrected chi connectivity index (χ3v) is 5.27. The van der Waals surface area contributed by atoms with Crippen LogP contribution >= 0.6 is 23.7 Å². The first-order valence-electron chi connectivity index (χ1n) is 7.42. The fraction of sp³-hybridized carbons (Fsp3) is 0.667. The molecule has 21 heavy (non-hydrogen) atoms. The van der Waals surface area contributed by atoms with Crippen LogP contribution in [0.1, 0.15) is 30.9 Å². The number of rotatable bonds is 3. The predicted molar refractivity (Wildman–Crippen MR) is 86.7 cm³/mol. The molecule has 3 atom stereocenters. The first-order chi connectivity index (χ1) is 9.79. The Balaban J connectivity index is 0.00000161. The number of morpholine rings is 1. The number of carbonyl (C=O) groups is 1. The van der Waals surface area contributed by atoms with Gasteiger partial charge in [-0.3, -0.25) is 4.79 Å². The summed E-state index contributed by atoms with van der Waals surface area (Å²) >= 11 is 1.67. The first kappa shape index (κ1) is 16.7. The Hall–Kier alpha value is -0.620. The van der Waals surface area contributed by atoms with Crippen molar-refractivity contribution in [2.45, 2.75) is 25.4 Å². The number of nitrogens with zero attached hydrogens (tertiary/aromatic N) is 1. The summed E-state index contributed by atoms with van der Waals surface area (Å²) in [6.07, 6.45) is 3.28. The van der Waals surface area contributed by atoms with E-state index < -0.39 is 0 Å². The molecule has 2 fully saturated rings. The lowest BCUT2D eigenvalue weighted by Crippen LogP contribution is -2.46. The van der Waals surface area contributed by atoms with Gasteiger partial charge in [0.1, 0.15) is 6.10 Å². The van der Waals surface area contributed by atoms with Gasteiger partial charge in [-0.05, 0) is 47.7 Å². The molecule has 4 nitrogen and oxygen atoms in total. The van der Waals surface area contributed by atoms with Crippen molar-refractivity contribution in [1.29, 1.82) is 0 Å². The average Bonchev–Trinajstić information content (AvgIpc) is 3.17. The molecule has 0 spiro atoms. The molecule has 1 amide bonds. The molecule has 1 aliphatic heterocycles. The zero-order valence-electron chi connectivity index (χ0n) is 12.1. The summed E-state index contributed by atoms with van der Waals surface area (Å²) < 4.78 is 5.81. The number of hydrogen-bond acceptors (Lipinski definition) is 4. The Kier molecular flexibility index (Phi) is 6.05. The number of nitrogens with two attached hydrogens (primary N) is 1. The number of ether oxygens (including phenoxy) is 1. The number of carbonyl (C=O) groups excluding carboxylic acids is 1. The SMILES string of the molecule is Cl.NC[C@H]1CCC[C@H]1C(=O)N1CCOC(c2ccsc2)C1. The highest BCUT2D eigenvalue weighted by Gasteiger charge is 2.36. The molecule has 1 unspecified atom stereocenters. The van der Waals surface area contributed by atoms with Gasteiger partial charge < -0.3 is 15.4 Å². The maximum atomic E-state index is 12.7. The van der Waals surface area contributed by atoms with E-state index in [0.717, 1.165) is 19.3 Å². The summed E-state index contributed by atoms with van der Waals surface area (Å²) in [7, 11) is 0. The van der Waals surface area contributed by atoms with Gasteiger partial charge >= 0.3 is 0 Å². The van der Waals surface area contributed by atoms with Crippen LogP contribution in [0.15, 0.2) is 16.8 Å². The number of halogens is 1. The van der Waals surface area contributed by atoms with E-state index in [2.05, 4.69) is 16.8 Å². The first-order valence-corrected chi connectivity index (χ1v) is 8.36. The molecule has 0 radical (unpaired) electrons. The van der Waals surface area contributed by atoms with E-state index >= 15 is 0 Å². The Labute approximate surface area is 136 Å². The van der Waals surface area contributed by atoms with Crippen LogP contribution in [0.25, 0.3) is 0 Å². The molecule has 2 heterocycles. The smallest absolute Gasteiger partial charge is 0.226 e. The maximum absolute atomic E-state index is 12.7. The predicted octanol–water partition coefficient (Wildman–Crippen LogP) is 2.44. The largest absolute Gasteiger partial charge is 0.370 e. The monoisotopic (exact) mass is 330 g/mol. The molecule has 1 aliphatic carbocycles. The van der Waals surface area contributed by atoms with Crippen LogP contribution in [-0.4, -0.2) is 37.0 Å². The van der Waals surface area contributed by atoms with E-state index in [1.807, 2.05) is 4.90 Å². The zero-order valence-corrected chi connectivity index (χ0v) is 13.7. The van der Waals surface area contributed by atoms with Crippen molar-refractivity contribution in [3.63, 3.8) is 0 Å². The van der Waals surface area contributed by atoms with Gasteiger partial charge in [-0.1, -0.05) is 6.42 Å². The zero-order chi connectivity index (χ0) is 13.9. The molecule has 1 saturated heterocycles. The topological polar surface area (TPSA) is 55.6 Å². The van der Waals surface area contributed by atoms with Crippen molar-refractivity contribution >= 4 is 29.7 Å². The van der Waals surface area contributed by atoms with Crippen molar-refractivity contribution in [2.75, 3.05) is 26.2 Å². The van der Waals surface area contributed by atoms with Crippen molar-refractivity contribution in [3.8, 4) is 0 Å². The van der Waals surface area contributed by atoms with Crippen LogP contribution in [0.2, 0.25) is 0 Å². The molecule has 1 saturated carbocycles. The number of thiophene rings is 1. The molecule has 1 aromatic rings. The second kappa shape index (κ2) is 7.58. The average molecular weight is 331 g/mol. The molecule has 2 aliphatic rings. The standard InChI is InChI=1S/C15H22N2O2S.ClH/c16-8-11-2-1-3-13(11)15(18)17-5-6-19-14(9-17)12-4-7-20-10-12;/h4,7,10-11,13-14H,1-3,5-6,8-9,16H2;1H/t11-,13-,14?;/m1./s1. The number of amides is 1. The van der Waals surface area contributed by atoms with E-state index in [1.165, 1.54) is 5.56 Å². The quantitative estimate of drug-likeness (QED) is 0.926. The Bertz CT molecular complexity index is 455. The fourth-order valence-electron chi connectivity index (χ4n) is 3.39. The van der Waals surface area contributed by atoms with Gasteiger partial charge in [-0.2, -0.15) is 11.3 Å². The Morgan fingerprint density at radius 3 is 3.05 bits per heavy atom. The van der Waals surface area contributed by atoms with Crippen LogP contribution in [0, 0.1) is 11.8 Å². The summed E-state index contributed by atoms with van der Waals surface area (Å²) in [5, 5.41) is 4.16. The fourth-order valence-corrected chi connectivity index (χ4v) is 4.09. The van der Waals surface area contributed by atoms with Gasteiger partial charge in [0, 0.05) is 12.5 Å². The maximum Gasteiger partial charge on any atom is 0.226 e. The second-order valence-corrected chi connectivity index (χ2v) is 6.51. The van der Waals surface area contributed by atoms with Crippen LogP contribution in [-0.2, 0) is 9.53 Å². The lowest BCUT2D eigenvalue weighted by Gasteiger charge is -2.35. The van der Waals surface area contributed by atoms with Crippen LogP contribution in [0.5, 0.6) is 0 Å². The molecule has 118 valence electrons. The molecule has 2 N–H and O–H groups in total. The normalized spacial score (nSPS) is 29.2. The van der Waals surface area contributed by atoms with Gasteiger partial charge in [-0.15, -0.1) is 12.4 Å². The van der Waals surface area contributed by atoms with Gasteiger partial charge in [0.25, 0.3) is 0 Å². The Morgan fingerprint density at radius 1 is 1.48 bits per heavy atom. The van der Waals surface area contributed by atoms with Gasteiger partial charge in [0.2, 0.25) is 5.91 Å². The molecular formula is C15H23ClN2O2S. The van der Waals surface area contributed by atoms with Crippen molar-refractivity contribution in [2.24, 2.45) is 17.6 Å². The summed E-state index contributed by atoms with van der Waals surface area (Å²) in [6.45, 7) is 2.66. The molecule has 6 heteroatoms. The van der Waals surface area contributed by atoms with Gasteiger partial charge in [0.15, 0.2) is 0 Å². The van der Waals surface area contributed by atoms with Crippen molar-refractivity contribution in [3.05, 3.63) is 22.4 Å². The van der Waals surface area contributed by atoms with Gasteiger partial charge in [0.05, 0.1) is 13.2 Å². The van der Waals surface area contributed by atoms with Crippen molar-refractivity contribution < 1.29 is 9.53 Å². The van der Waals surface area contributed by atoms with E-state index in [0.29, 0.717) is 38.1 Å². The third-order valence-electron chi connectivity index (χ3n) is 4.57. The summed E-state index contributed by atoms with van der Waals surface area (Å²) in [5.74, 6) is 0.813. The third kappa shape index (κ3) is 3.59. The lowest BCUT2D eigenvalue weighted by atomic mass is 9.94. The highest BCUT2D eigenvalue weighted by Crippen LogP contribution is 2.34. The Morgan fingerprint density at radius 2 is 2.33 bits per heavy atom. The highest BCUT2D eigenvalue weighted by molar-refractivity contribution is 7.07. The van der Waals surface area contributed by atoms with Crippen LogP contribution in [0.4, 0.5) is 0 Å². The minimum Gasteiger partial charge on any atom is -0.370 e. The molecule has 1 aromatic heterocycles. The molecule has 3 rings (SSSR count).